The highest BCUT2D eigenvalue weighted by Crippen LogP contribution is 2.31. The van der Waals surface area contributed by atoms with E-state index in [0.717, 1.165) is 0 Å². The number of carbonyl (C=O) groups is 1. The second-order valence-corrected chi connectivity index (χ2v) is 6.33. The van der Waals surface area contributed by atoms with Crippen molar-refractivity contribution in [2.75, 3.05) is 41.7 Å². The van der Waals surface area contributed by atoms with Crippen LogP contribution < -0.4 is 0 Å². The number of methoxy groups -OCH3 is 3. The number of hydrogen-bond donors (Lipinski definition) is 2. The highest BCUT2D eigenvalue weighted by atomic mass is 16.7. The summed E-state index contributed by atoms with van der Waals surface area (Å²) in [4.78, 5) is 12.5. The summed E-state index contributed by atoms with van der Waals surface area (Å²) in [6, 6.07) is 8.26. The van der Waals surface area contributed by atoms with E-state index in [9.17, 15) is 15.0 Å². The Labute approximate surface area is 169 Å². The number of rotatable bonds is 11. The molecule has 29 heavy (non-hydrogen) atoms. The van der Waals surface area contributed by atoms with Gasteiger partial charge in [-0.15, -0.1) is 0 Å². The van der Waals surface area contributed by atoms with Crippen LogP contribution >= 0.6 is 0 Å². The van der Waals surface area contributed by atoms with Crippen LogP contribution in [0.1, 0.15) is 10.4 Å². The lowest BCUT2D eigenvalue weighted by Crippen LogP contribution is -2.66. The molecule has 10 heteroatoms. The molecule has 1 aromatic carbocycles. The van der Waals surface area contributed by atoms with Gasteiger partial charge in [-0.1, -0.05) is 18.2 Å². The summed E-state index contributed by atoms with van der Waals surface area (Å²) >= 11 is 0. The molecule has 0 unspecified atom stereocenters. The highest BCUT2D eigenvalue weighted by molar-refractivity contribution is 5.89. The van der Waals surface area contributed by atoms with E-state index in [-0.39, 0.29) is 25.9 Å². The molecule has 2 rings (SSSR count). The Hall–Kier alpha value is -1.63. The molecule has 0 heterocycles. The van der Waals surface area contributed by atoms with E-state index in [2.05, 4.69) is 0 Å². The number of hydrogen-bond acceptors (Lipinski definition) is 10. The molecule has 1 aliphatic rings. The third kappa shape index (κ3) is 6.17. The van der Waals surface area contributed by atoms with Crippen molar-refractivity contribution >= 4 is 5.97 Å². The first-order chi connectivity index (χ1) is 14.0. The quantitative estimate of drug-likeness (QED) is 0.374. The van der Waals surface area contributed by atoms with Crippen molar-refractivity contribution in [3.05, 3.63) is 35.9 Å². The van der Waals surface area contributed by atoms with Crippen molar-refractivity contribution in [1.82, 2.24) is 0 Å². The summed E-state index contributed by atoms with van der Waals surface area (Å²) in [6.07, 6.45) is -7.20. The first-order valence-corrected chi connectivity index (χ1v) is 8.98. The monoisotopic (exact) mass is 416 g/mol. The lowest BCUT2D eigenvalue weighted by molar-refractivity contribution is -0.287. The predicted octanol–water partition coefficient (Wildman–Crippen LogP) is -0.0853. The van der Waals surface area contributed by atoms with Gasteiger partial charge in [-0.2, -0.15) is 0 Å². The highest BCUT2D eigenvalue weighted by Gasteiger charge is 2.54. The van der Waals surface area contributed by atoms with Gasteiger partial charge in [0.1, 0.15) is 50.9 Å². The first-order valence-electron chi connectivity index (χ1n) is 8.98. The van der Waals surface area contributed by atoms with Crippen LogP contribution in [0.4, 0.5) is 0 Å². The summed E-state index contributed by atoms with van der Waals surface area (Å²) in [5, 5.41) is 21.3. The number of aliphatic hydroxyl groups is 2. The van der Waals surface area contributed by atoms with Crippen LogP contribution in [0.25, 0.3) is 0 Å². The normalized spacial score (nSPS) is 29.6. The van der Waals surface area contributed by atoms with Crippen molar-refractivity contribution in [1.29, 1.82) is 0 Å². The average Bonchev–Trinajstić information content (AvgIpc) is 2.75. The molecule has 6 atom stereocenters. The second-order valence-electron chi connectivity index (χ2n) is 6.33. The maximum atomic E-state index is 12.5. The maximum absolute atomic E-state index is 12.5. The third-order valence-corrected chi connectivity index (χ3v) is 4.38. The van der Waals surface area contributed by atoms with Gasteiger partial charge in [-0.25, -0.2) is 4.79 Å². The average molecular weight is 416 g/mol. The molecule has 0 aliphatic heterocycles. The van der Waals surface area contributed by atoms with Crippen LogP contribution in [0.5, 0.6) is 0 Å². The van der Waals surface area contributed by atoms with E-state index in [1.807, 2.05) is 0 Å². The summed E-state index contributed by atoms with van der Waals surface area (Å²) in [7, 11) is 4.26. The minimum Gasteiger partial charge on any atom is -0.453 e. The van der Waals surface area contributed by atoms with E-state index >= 15 is 0 Å². The number of carbonyl (C=O) groups excluding carboxylic acids is 1. The largest absolute Gasteiger partial charge is 0.453 e. The van der Waals surface area contributed by atoms with Crippen LogP contribution in [0, 0.1) is 0 Å². The van der Waals surface area contributed by atoms with Crippen molar-refractivity contribution in [2.45, 2.75) is 36.6 Å². The molecule has 0 bridgehead atoms. The lowest BCUT2D eigenvalue weighted by Gasteiger charge is -2.46. The van der Waals surface area contributed by atoms with Gasteiger partial charge in [0.15, 0.2) is 6.10 Å². The molecule has 1 aromatic rings. The predicted molar refractivity (Wildman–Crippen MR) is 97.9 cm³/mol. The second kappa shape index (κ2) is 12.2. The van der Waals surface area contributed by atoms with Gasteiger partial charge in [0.2, 0.25) is 0 Å². The topological polar surface area (TPSA) is 122 Å². The SMILES string of the molecule is COCO[C@@H]1[C@H](OCOC)[C@@H](OCOC)[C@H](O)[C@H](O)[C@H]1OC(=O)c1ccccc1. The van der Waals surface area contributed by atoms with Crippen LogP contribution in [0.15, 0.2) is 30.3 Å². The molecule has 2 N–H and O–H groups in total. The molecule has 0 radical (unpaired) electrons. The molecular formula is C19H28O10. The van der Waals surface area contributed by atoms with Gasteiger partial charge >= 0.3 is 5.97 Å². The Morgan fingerprint density at radius 1 is 0.759 bits per heavy atom. The lowest BCUT2D eigenvalue weighted by atomic mass is 9.84. The number of esters is 1. The van der Waals surface area contributed by atoms with Crippen molar-refractivity contribution in [2.24, 2.45) is 0 Å². The third-order valence-electron chi connectivity index (χ3n) is 4.38. The minimum absolute atomic E-state index is 0.146. The first kappa shape index (κ1) is 23.6. The van der Waals surface area contributed by atoms with Crippen molar-refractivity contribution in [3.63, 3.8) is 0 Å². The molecular weight excluding hydrogens is 388 g/mol. The Balaban J connectivity index is 2.29. The Morgan fingerprint density at radius 2 is 1.21 bits per heavy atom. The fourth-order valence-corrected chi connectivity index (χ4v) is 3.07. The molecule has 0 amide bonds. The summed E-state index contributed by atoms with van der Waals surface area (Å²) in [6.45, 7) is -0.476. The van der Waals surface area contributed by atoms with E-state index in [0.29, 0.717) is 0 Å². The van der Waals surface area contributed by atoms with Gasteiger partial charge in [-0.3, -0.25) is 0 Å². The number of benzene rings is 1. The van der Waals surface area contributed by atoms with E-state index in [1.165, 1.54) is 21.3 Å². The summed E-state index contributed by atoms with van der Waals surface area (Å²) < 4.78 is 37.1. The molecule has 10 nitrogen and oxygen atoms in total. The fourth-order valence-electron chi connectivity index (χ4n) is 3.07. The number of ether oxygens (including phenoxy) is 7. The zero-order valence-corrected chi connectivity index (χ0v) is 16.6. The van der Waals surface area contributed by atoms with Gasteiger partial charge in [0.25, 0.3) is 0 Å². The fraction of sp³-hybridized carbons (Fsp3) is 0.632. The Kier molecular flexibility index (Phi) is 9.91. The van der Waals surface area contributed by atoms with Crippen molar-refractivity contribution < 1.29 is 48.2 Å². The zero-order valence-electron chi connectivity index (χ0n) is 16.6. The van der Waals surface area contributed by atoms with Crippen LogP contribution in [-0.4, -0.2) is 94.5 Å². The molecule has 0 aromatic heterocycles. The minimum atomic E-state index is -1.51. The molecule has 0 spiro atoms. The standard InChI is InChI=1S/C19H28O10/c1-23-9-26-15-13(20)14(21)16(29-19(22)12-7-5-4-6-8-12)18(28-11-25-3)17(15)27-10-24-2/h4-8,13-18,20-21H,9-11H2,1-3H3/t13-,14+,15+,16-,17-,18+/m1/s1. The van der Waals surface area contributed by atoms with E-state index in [4.69, 9.17) is 33.2 Å². The van der Waals surface area contributed by atoms with Gasteiger partial charge in [0, 0.05) is 21.3 Å². The van der Waals surface area contributed by atoms with Gasteiger partial charge in [-0.05, 0) is 12.1 Å². The molecule has 1 aliphatic carbocycles. The van der Waals surface area contributed by atoms with Crippen LogP contribution in [0.3, 0.4) is 0 Å². The van der Waals surface area contributed by atoms with Crippen molar-refractivity contribution in [3.8, 4) is 0 Å². The molecule has 1 saturated carbocycles. The molecule has 0 saturated heterocycles. The van der Waals surface area contributed by atoms with Crippen LogP contribution in [0.2, 0.25) is 0 Å². The molecule has 164 valence electrons. The van der Waals surface area contributed by atoms with E-state index < -0.39 is 42.6 Å². The van der Waals surface area contributed by atoms with Gasteiger partial charge < -0.3 is 43.4 Å². The summed E-state index contributed by atoms with van der Waals surface area (Å²) in [5.74, 6) is -0.686. The molecule has 1 fully saturated rings. The number of aliphatic hydroxyl groups excluding tert-OH is 2. The smallest absolute Gasteiger partial charge is 0.338 e. The Bertz CT molecular complexity index is 598. The Morgan fingerprint density at radius 3 is 1.72 bits per heavy atom. The zero-order chi connectivity index (χ0) is 21.2. The van der Waals surface area contributed by atoms with Gasteiger partial charge in [0.05, 0.1) is 5.56 Å². The van der Waals surface area contributed by atoms with E-state index in [1.54, 1.807) is 30.3 Å². The summed E-state index contributed by atoms with van der Waals surface area (Å²) in [5.41, 5.74) is 0.284. The maximum Gasteiger partial charge on any atom is 0.338 e. The van der Waals surface area contributed by atoms with Crippen LogP contribution in [-0.2, 0) is 33.2 Å².